The van der Waals surface area contributed by atoms with Crippen LogP contribution in [-0.4, -0.2) is 4.68 Å². The quantitative estimate of drug-likeness (QED) is 0.593. The van der Waals surface area contributed by atoms with Gasteiger partial charge in [0.15, 0.2) is 0 Å². The first-order chi connectivity index (χ1) is 8.86. The molecular weight excluding hydrogens is 220 g/mol. The van der Waals surface area contributed by atoms with Crippen LogP contribution >= 0.6 is 0 Å². The van der Waals surface area contributed by atoms with Crippen LogP contribution in [0.25, 0.3) is 27.8 Å². The minimum Gasteiger partial charge on any atom is -0.339 e. The number of benzene rings is 2. The van der Waals surface area contributed by atoms with E-state index in [1.807, 2.05) is 4.68 Å². The summed E-state index contributed by atoms with van der Waals surface area (Å²) in [4.78, 5) is 0. The molecule has 2 aromatic carbocycles. The van der Waals surface area contributed by atoms with E-state index < -0.39 is 0 Å². The van der Waals surface area contributed by atoms with Gasteiger partial charge in [0.25, 0.3) is 0 Å². The molecule has 0 radical (unpaired) electrons. The highest BCUT2D eigenvalue weighted by Gasteiger charge is 2.17. The summed E-state index contributed by atoms with van der Waals surface area (Å²) in [6, 6.07) is 12.8. The van der Waals surface area contributed by atoms with E-state index in [1.165, 1.54) is 21.7 Å². The molecule has 1 aliphatic carbocycles. The molecule has 2 N–H and O–H groups in total. The van der Waals surface area contributed by atoms with Crippen molar-refractivity contribution >= 4 is 27.8 Å². The van der Waals surface area contributed by atoms with Crippen molar-refractivity contribution in [3.63, 3.8) is 0 Å². The summed E-state index contributed by atoms with van der Waals surface area (Å²) in [5, 5.41) is 3.92. The molecule has 0 saturated carbocycles. The van der Waals surface area contributed by atoms with Gasteiger partial charge < -0.3 is 5.84 Å². The van der Waals surface area contributed by atoms with E-state index >= 15 is 0 Å². The van der Waals surface area contributed by atoms with Gasteiger partial charge in [-0.05, 0) is 41.3 Å². The Labute approximate surface area is 105 Å². The predicted octanol–water partition coefficient (Wildman–Crippen LogP) is 3.47. The van der Waals surface area contributed by atoms with E-state index in [1.54, 1.807) is 0 Å². The van der Waals surface area contributed by atoms with E-state index in [9.17, 15) is 0 Å². The fourth-order valence-corrected chi connectivity index (χ4v) is 3.04. The fraction of sp³-hybridized carbons (Fsp3) is 0.125. The van der Waals surface area contributed by atoms with Gasteiger partial charge in [0.1, 0.15) is 0 Å². The van der Waals surface area contributed by atoms with Crippen molar-refractivity contribution in [3.8, 4) is 0 Å². The highest BCUT2D eigenvalue weighted by molar-refractivity contribution is 6.10. The third-order valence-electron chi connectivity index (χ3n) is 3.87. The van der Waals surface area contributed by atoms with Crippen LogP contribution in [0.1, 0.15) is 17.7 Å². The summed E-state index contributed by atoms with van der Waals surface area (Å²) in [6.07, 6.45) is 6.54. The number of aryl methyl sites for hydroxylation is 1. The van der Waals surface area contributed by atoms with Crippen LogP contribution in [0, 0.1) is 0 Å². The van der Waals surface area contributed by atoms with Gasteiger partial charge in [-0.2, -0.15) is 0 Å². The topological polar surface area (TPSA) is 30.9 Å². The molecule has 3 aromatic rings. The van der Waals surface area contributed by atoms with Gasteiger partial charge in [0, 0.05) is 5.39 Å². The number of nitrogen functional groups attached to an aromatic ring is 1. The molecule has 88 valence electrons. The summed E-state index contributed by atoms with van der Waals surface area (Å²) in [5.74, 6) is 6.22. The normalized spacial score (nSPS) is 14.2. The Hall–Kier alpha value is -2.22. The number of nitrogens with zero attached hydrogens (tertiary/aromatic N) is 1. The van der Waals surface area contributed by atoms with Crippen LogP contribution in [0.15, 0.2) is 42.5 Å². The maximum atomic E-state index is 6.22. The second kappa shape index (κ2) is 3.39. The molecule has 0 saturated heterocycles. The second-order valence-corrected chi connectivity index (χ2v) is 4.86. The molecule has 0 amide bonds. The lowest BCUT2D eigenvalue weighted by atomic mass is 9.97. The number of rotatable bonds is 0. The van der Waals surface area contributed by atoms with Crippen molar-refractivity contribution in [1.29, 1.82) is 0 Å². The molecule has 0 bridgehead atoms. The highest BCUT2D eigenvalue weighted by atomic mass is 15.3. The van der Waals surface area contributed by atoms with Gasteiger partial charge in [-0.1, -0.05) is 36.4 Å². The zero-order valence-corrected chi connectivity index (χ0v) is 10.1. The molecular formula is C16H14N2. The molecule has 1 aromatic heterocycles. The Morgan fingerprint density at radius 1 is 1.06 bits per heavy atom. The first kappa shape index (κ1) is 9.77. The Bertz CT molecular complexity index is 794. The van der Waals surface area contributed by atoms with Crippen LogP contribution in [0.4, 0.5) is 0 Å². The van der Waals surface area contributed by atoms with Crippen molar-refractivity contribution in [2.45, 2.75) is 12.8 Å². The minimum absolute atomic E-state index is 1.08. The number of allylic oxidation sites excluding steroid dienone is 1. The lowest BCUT2D eigenvalue weighted by molar-refractivity contribution is 0.951. The van der Waals surface area contributed by atoms with Gasteiger partial charge in [0.2, 0.25) is 0 Å². The zero-order valence-electron chi connectivity index (χ0n) is 10.1. The van der Waals surface area contributed by atoms with Crippen LogP contribution in [-0.2, 0) is 6.42 Å². The van der Waals surface area contributed by atoms with Crippen molar-refractivity contribution < 1.29 is 0 Å². The number of aromatic nitrogens is 1. The fourth-order valence-electron chi connectivity index (χ4n) is 3.04. The summed E-state index contributed by atoms with van der Waals surface area (Å²) in [5.41, 5.74) is 3.68. The third kappa shape index (κ3) is 1.12. The number of nitrogens with two attached hydrogens (primary N) is 1. The summed E-state index contributed by atoms with van der Waals surface area (Å²) < 4.78 is 1.83. The van der Waals surface area contributed by atoms with Gasteiger partial charge in [-0.3, -0.25) is 4.68 Å². The molecule has 1 aliphatic rings. The third-order valence-corrected chi connectivity index (χ3v) is 3.87. The van der Waals surface area contributed by atoms with Crippen LogP contribution in [0.2, 0.25) is 0 Å². The molecule has 0 aliphatic heterocycles. The SMILES string of the molecule is Nn1c2c(c3c4ccccc4ccc31)CCC=C2. The van der Waals surface area contributed by atoms with E-state index in [0.29, 0.717) is 0 Å². The summed E-state index contributed by atoms with van der Waals surface area (Å²) in [6.45, 7) is 0. The molecule has 0 fully saturated rings. The van der Waals surface area contributed by atoms with Crippen molar-refractivity contribution in [2.75, 3.05) is 5.84 Å². The van der Waals surface area contributed by atoms with Gasteiger partial charge in [-0.25, -0.2) is 0 Å². The smallest absolute Gasteiger partial charge is 0.0706 e. The van der Waals surface area contributed by atoms with E-state index in [4.69, 9.17) is 5.84 Å². The molecule has 1 heterocycles. The Kier molecular flexibility index (Phi) is 1.84. The number of hydrogen-bond donors (Lipinski definition) is 1. The van der Waals surface area contributed by atoms with Gasteiger partial charge in [-0.15, -0.1) is 0 Å². The Morgan fingerprint density at radius 3 is 2.89 bits per heavy atom. The average Bonchev–Trinajstić information content (AvgIpc) is 2.73. The molecule has 2 nitrogen and oxygen atoms in total. The first-order valence-electron chi connectivity index (χ1n) is 6.33. The summed E-state index contributed by atoms with van der Waals surface area (Å²) in [7, 11) is 0. The summed E-state index contributed by atoms with van der Waals surface area (Å²) >= 11 is 0. The maximum Gasteiger partial charge on any atom is 0.0706 e. The van der Waals surface area contributed by atoms with Crippen LogP contribution in [0.5, 0.6) is 0 Å². The number of fused-ring (bicyclic) bond motifs is 5. The molecule has 4 rings (SSSR count). The molecule has 0 atom stereocenters. The van der Waals surface area contributed by atoms with Crippen LogP contribution in [0.3, 0.4) is 0 Å². The van der Waals surface area contributed by atoms with Gasteiger partial charge >= 0.3 is 0 Å². The standard InChI is InChI=1S/C16H14N2/c17-18-14-8-4-3-7-13(14)16-12-6-2-1-5-11(12)9-10-15(16)18/h1-2,4-6,8-10H,3,7,17H2. The lowest BCUT2D eigenvalue weighted by Crippen LogP contribution is -2.10. The first-order valence-corrected chi connectivity index (χ1v) is 6.33. The Balaban J connectivity index is 2.28. The van der Waals surface area contributed by atoms with Gasteiger partial charge in [0.05, 0.1) is 11.2 Å². The lowest BCUT2D eigenvalue weighted by Gasteiger charge is -2.07. The minimum atomic E-state index is 1.08. The highest BCUT2D eigenvalue weighted by Crippen LogP contribution is 2.34. The van der Waals surface area contributed by atoms with E-state index in [0.717, 1.165) is 24.1 Å². The molecule has 0 unspecified atom stereocenters. The monoisotopic (exact) mass is 234 g/mol. The van der Waals surface area contributed by atoms with Crippen LogP contribution < -0.4 is 5.84 Å². The molecule has 2 heteroatoms. The predicted molar refractivity (Wildman–Crippen MR) is 76.9 cm³/mol. The van der Waals surface area contributed by atoms with Crippen molar-refractivity contribution in [1.82, 2.24) is 4.68 Å². The molecule has 0 spiro atoms. The van der Waals surface area contributed by atoms with Crippen molar-refractivity contribution in [3.05, 3.63) is 53.7 Å². The zero-order chi connectivity index (χ0) is 12.1. The largest absolute Gasteiger partial charge is 0.339 e. The van der Waals surface area contributed by atoms with E-state index in [2.05, 4.69) is 48.6 Å². The Morgan fingerprint density at radius 2 is 1.94 bits per heavy atom. The molecule has 18 heavy (non-hydrogen) atoms. The number of hydrogen-bond acceptors (Lipinski definition) is 1. The van der Waals surface area contributed by atoms with Crippen molar-refractivity contribution in [2.24, 2.45) is 0 Å². The maximum absolute atomic E-state index is 6.22. The second-order valence-electron chi connectivity index (χ2n) is 4.86. The average molecular weight is 234 g/mol. The van der Waals surface area contributed by atoms with E-state index in [-0.39, 0.29) is 0 Å².